The normalized spacial score (nSPS) is 12.5. The molecule has 1 amide bonds. The molecule has 12 heteroatoms. The largest absolute Gasteiger partial charge is 0.490 e. The van der Waals surface area contributed by atoms with Crippen molar-refractivity contribution in [2.45, 2.75) is 78.8 Å². The molecule has 0 bridgehead atoms. The highest BCUT2D eigenvalue weighted by Crippen LogP contribution is 2.37. The molecule has 42 heavy (non-hydrogen) atoms. The molecule has 2 aromatic heterocycles. The van der Waals surface area contributed by atoms with Gasteiger partial charge < -0.3 is 23.9 Å². The van der Waals surface area contributed by atoms with Gasteiger partial charge in [0.25, 0.3) is 11.5 Å². The molecule has 0 aliphatic carbocycles. The molecule has 9 nitrogen and oxygen atoms in total. The monoisotopic (exact) mass is 604 g/mol. The Morgan fingerprint density at radius 2 is 1.71 bits per heavy atom. The van der Waals surface area contributed by atoms with Gasteiger partial charge >= 0.3 is 5.97 Å². The first-order valence-electron chi connectivity index (χ1n) is 13.8. The summed E-state index contributed by atoms with van der Waals surface area (Å²) in [5, 5.41) is 2.92. The molecule has 0 aliphatic rings. The number of methoxy groups -OCH3 is 1. The van der Waals surface area contributed by atoms with Gasteiger partial charge in [-0.1, -0.05) is 40.4 Å². The Morgan fingerprint density at radius 1 is 1.07 bits per heavy atom. The van der Waals surface area contributed by atoms with Crippen LogP contribution in [0.25, 0.3) is 22.2 Å². The second kappa shape index (κ2) is 12.0. The fraction of sp³-hybridized carbons (Fsp3) is 0.533. The van der Waals surface area contributed by atoms with E-state index in [2.05, 4.69) is 29.9 Å². The molecular weight excluding hydrogens is 562 g/mol. The van der Waals surface area contributed by atoms with E-state index in [4.69, 9.17) is 9.47 Å². The lowest BCUT2D eigenvalue weighted by Crippen LogP contribution is -2.46. The summed E-state index contributed by atoms with van der Waals surface area (Å²) in [4.78, 5) is 43.3. The molecule has 2 heterocycles. The quantitative estimate of drug-likeness (QED) is 0.242. The molecule has 0 saturated heterocycles. The number of amides is 1. The third-order valence-corrected chi connectivity index (χ3v) is 8.39. The average molecular weight is 605 g/mol. The van der Waals surface area contributed by atoms with Crippen molar-refractivity contribution in [1.82, 2.24) is 19.4 Å². The van der Waals surface area contributed by atoms with Crippen molar-refractivity contribution in [2.75, 3.05) is 13.7 Å². The molecule has 3 rings (SSSR count). The van der Waals surface area contributed by atoms with Gasteiger partial charge in [-0.15, -0.1) is 0 Å². The number of rotatable bonds is 10. The molecule has 0 saturated carbocycles. The van der Waals surface area contributed by atoms with Crippen molar-refractivity contribution in [2.24, 2.45) is 12.5 Å². The van der Waals surface area contributed by atoms with Gasteiger partial charge in [0.15, 0.2) is 11.6 Å². The van der Waals surface area contributed by atoms with Gasteiger partial charge in [0.1, 0.15) is 12.2 Å². The highest BCUT2D eigenvalue weighted by atomic mass is 28.3. The molecule has 0 aliphatic heterocycles. The van der Waals surface area contributed by atoms with Gasteiger partial charge in [-0.2, -0.15) is 4.39 Å². The maximum absolute atomic E-state index is 15.9. The molecular formula is C30H42F2N4O5Si. The third-order valence-electron chi connectivity index (χ3n) is 6.68. The van der Waals surface area contributed by atoms with Crippen LogP contribution in [0.1, 0.15) is 51.4 Å². The third kappa shape index (κ3) is 7.64. The van der Waals surface area contributed by atoms with Gasteiger partial charge in [0.05, 0.1) is 31.0 Å². The van der Waals surface area contributed by atoms with Crippen LogP contribution in [-0.4, -0.2) is 53.3 Å². The number of nitrogens with one attached hydrogen (secondary N) is 1. The number of aromatic nitrogens is 3. The molecule has 1 aromatic carbocycles. The summed E-state index contributed by atoms with van der Waals surface area (Å²) < 4.78 is 44.8. The molecule has 0 unspecified atom stereocenters. The summed E-state index contributed by atoms with van der Waals surface area (Å²) >= 11 is 0. The Hall–Kier alpha value is -3.54. The van der Waals surface area contributed by atoms with Gasteiger partial charge in [0, 0.05) is 38.0 Å². The number of halogens is 2. The van der Waals surface area contributed by atoms with Gasteiger partial charge in [-0.3, -0.25) is 14.4 Å². The molecule has 0 fully saturated rings. The number of fused-ring (bicyclic) bond motifs is 1. The van der Waals surface area contributed by atoms with E-state index < -0.39 is 48.4 Å². The average Bonchev–Trinajstić information content (AvgIpc) is 3.19. The highest BCUT2D eigenvalue weighted by Gasteiger charge is 2.32. The van der Waals surface area contributed by atoms with Crippen LogP contribution >= 0.6 is 0 Å². The second-order valence-corrected chi connectivity index (χ2v) is 19.4. The fourth-order valence-corrected chi connectivity index (χ4v) is 5.83. The van der Waals surface area contributed by atoms with Crippen molar-refractivity contribution in [3.05, 3.63) is 46.1 Å². The Morgan fingerprint density at radius 3 is 2.29 bits per heavy atom. The molecule has 0 spiro atoms. The van der Waals surface area contributed by atoms with E-state index in [1.165, 1.54) is 41.9 Å². The van der Waals surface area contributed by atoms with Crippen molar-refractivity contribution in [3.63, 3.8) is 0 Å². The molecule has 230 valence electrons. The first kappa shape index (κ1) is 33.0. The van der Waals surface area contributed by atoms with Crippen LogP contribution in [-0.2, 0) is 23.1 Å². The van der Waals surface area contributed by atoms with Crippen LogP contribution in [0.15, 0.2) is 23.4 Å². The smallest absolute Gasteiger partial charge is 0.325 e. The Labute approximate surface area is 246 Å². The minimum Gasteiger partial charge on any atom is -0.490 e. The zero-order chi connectivity index (χ0) is 31.8. The summed E-state index contributed by atoms with van der Waals surface area (Å²) in [5.74, 6) is -4.37. The Bertz CT molecular complexity index is 1570. The predicted octanol–water partition coefficient (Wildman–Crippen LogP) is 5.51. The van der Waals surface area contributed by atoms with Crippen LogP contribution in [0.4, 0.5) is 8.78 Å². The van der Waals surface area contributed by atoms with E-state index in [0.717, 1.165) is 0 Å². The first-order valence-corrected chi connectivity index (χ1v) is 17.5. The van der Waals surface area contributed by atoms with E-state index in [1.807, 2.05) is 34.6 Å². The number of hydrogen-bond acceptors (Lipinski definition) is 6. The summed E-state index contributed by atoms with van der Waals surface area (Å²) in [7, 11) is 1.08. The van der Waals surface area contributed by atoms with E-state index in [-0.39, 0.29) is 46.3 Å². The zero-order valence-corrected chi connectivity index (χ0v) is 27.2. The molecule has 1 N–H and O–H groups in total. The number of ether oxygens (including phenoxy) is 2. The standard InChI is InChI=1S/C30H42F2N4O5Si/c1-29(2,3)16-30(4,5)34-27(38)19-13-18(23(31)24(32)25(19)41-11-12-42(8,9)10)20-14-36(15-21(37)40-7)26-22(20)28(39)35(6)17-33-26/h13-14,17H,11-12,15-16H2,1-10H3,(H,34,38). The molecule has 3 aromatic rings. The van der Waals surface area contributed by atoms with Crippen molar-refractivity contribution in [3.8, 4) is 16.9 Å². The minimum absolute atomic E-state index is 0.0179. The van der Waals surface area contributed by atoms with Crippen LogP contribution in [0.3, 0.4) is 0 Å². The number of esters is 1. The van der Waals surface area contributed by atoms with Crippen LogP contribution in [0.2, 0.25) is 25.7 Å². The summed E-state index contributed by atoms with van der Waals surface area (Å²) in [6.45, 7) is 16.0. The maximum Gasteiger partial charge on any atom is 0.325 e. The zero-order valence-electron chi connectivity index (χ0n) is 26.2. The van der Waals surface area contributed by atoms with Crippen LogP contribution < -0.4 is 15.6 Å². The lowest BCUT2D eigenvalue weighted by molar-refractivity contribution is -0.141. The lowest BCUT2D eigenvalue weighted by Gasteiger charge is -2.33. The number of nitrogens with zero attached hydrogens (tertiary/aromatic N) is 3. The number of benzene rings is 1. The summed E-state index contributed by atoms with van der Waals surface area (Å²) in [6.07, 6.45) is 3.21. The van der Waals surface area contributed by atoms with E-state index in [1.54, 1.807) is 0 Å². The number of carbonyl (C=O) groups excluding carboxylic acids is 2. The highest BCUT2D eigenvalue weighted by molar-refractivity contribution is 6.76. The van der Waals surface area contributed by atoms with Crippen molar-refractivity contribution in [1.29, 1.82) is 0 Å². The van der Waals surface area contributed by atoms with E-state index >= 15 is 8.78 Å². The number of aryl methyl sites for hydroxylation is 1. The maximum atomic E-state index is 15.9. The van der Waals surface area contributed by atoms with Gasteiger partial charge in [-0.05, 0) is 37.8 Å². The van der Waals surface area contributed by atoms with Crippen LogP contribution in [0.5, 0.6) is 5.75 Å². The predicted molar refractivity (Wildman–Crippen MR) is 162 cm³/mol. The molecule has 0 radical (unpaired) electrons. The first-order chi connectivity index (χ1) is 19.2. The number of hydrogen-bond donors (Lipinski definition) is 1. The van der Waals surface area contributed by atoms with Crippen molar-refractivity contribution < 1.29 is 27.8 Å². The fourth-order valence-electron chi connectivity index (χ4n) is 5.11. The van der Waals surface area contributed by atoms with Crippen LogP contribution in [0, 0.1) is 17.0 Å². The van der Waals surface area contributed by atoms with Gasteiger partial charge in [0.2, 0.25) is 5.82 Å². The van der Waals surface area contributed by atoms with Crippen molar-refractivity contribution >= 4 is 31.0 Å². The van der Waals surface area contributed by atoms with E-state index in [0.29, 0.717) is 12.5 Å². The lowest BCUT2D eigenvalue weighted by atomic mass is 9.81. The SMILES string of the molecule is COC(=O)Cn1cc(-c2cc(C(=O)NC(C)(C)CC(C)(C)C)c(OCC[Si](C)(C)C)c(F)c2F)c2c(=O)n(C)cnc21. The number of carbonyl (C=O) groups is 2. The topological polar surface area (TPSA) is 104 Å². The summed E-state index contributed by atoms with van der Waals surface area (Å²) in [6, 6.07) is 1.86. The van der Waals surface area contributed by atoms with E-state index in [9.17, 15) is 14.4 Å². The molecule has 0 atom stereocenters. The Kier molecular flexibility index (Phi) is 9.40. The minimum atomic E-state index is -1.60. The summed E-state index contributed by atoms with van der Waals surface area (Å²) in [5.41, 5.74) is -1.81. The Balaban J connectivity index is 2.27. The van der Waals surface area contributed by atoms with Gasteiger partial charge in [-0.25, -0.2) is 9.37 Å². The second-order valence-electron chi connectivity index (χ2n) is 13.8.